The average Bonchev–Trinajstić information content (AvgIpc) is 2.25. The smallest absolute Gasteiger partial charge is 0.221 e. The molecule has 1 fully saturated rings. The van der Waals surface area contributed by atoms with Crippen LogP contribution in [0.2, 0.25) is 0 Å². The zero-order valence-corrected chi connectivity index (χ0v) is 11.3. The van der Waals surface area contributed by atoms with Gasteiger partial charge < -0.3 is 20.9 Å². The predicted octanol–water partition coefficient (Wildman–Crippen LogP) is -0.523. The summed E-state index contributed by atoms with van der Waals surface area (Å²) in [7, 11) is 2.13. The van der Waals surface area contributed by atoms with E-state index in [2.05, 4.69) is 22.2 Å². The molecule has 100 valence electrons. The Morgan fingerprint density at radius 2 is 1.88 bits per heavy atom. The van der Waals surface area contributed by atoms with E-state index in [9.17, 15) is 4.79 Å². The molecule has 0 unspecified atom stereocenters. The van der Waals surface area contributed by atoms with Gasteiger partial charge in [-0.3, -0.25) is 4.79 Å². The lowest BCUT2D eigenvalue weighted by atomic mass is 10.1. The molecular weight excluding hydrogens is 216 g/mol. The molecule has 0 radical (unpaired) electrons. The van der Waals surface area contributed by atoms with Crippen LogP contribution >= 0.6 is 0 Å². The van der Waals surface area contributed by atoms with Crippen molar-refractivity contribution in [3.63, 3.8) is 0 Å². The molecule has 0 spiro atoms. The molecule has 1 heterocycles. The van der Waals surface area contributed by atoms with Crippen LogP contribution in [0.4, 0.5) is 0 Å². The lowest BCUT2D eigenvalue weighted by molar-refractivity contribution is -0.121. The van der Waals surface area contributed by atoms with Crippen LogP contribution in [0.5, 0.6) is 0 Å². The molecule has 1 amide bonds. The molecule has 17 heavy (non-hydrogen) atoms. The maximum Gasteiger partial charge on any atom is 0.221 e. The topological polar surface area (TPSA) is 61.6 Å². The number of nitrogens with two attached hydrogens (primary N) is 1. The average molecular weight is 242 g/mol. The first-order chi connectivity index (χ1) is 7.87. The quantitative estimate of drug-likeness (QED) is 0.681. The third-order valence-electron chi connectivity index (χ3n) is 2.99. The summed E-state index contributed by atoms with van der Waals surface area (Å²) in [6.45, 7) is 9.52. The van der Waals surface area contributed by atoms with Crippen LogP contribution in [0.15, 0.2) is 0 Å². The number of nitrogens with zero attached hydrogens (tertiary/aromatic N) is 2. The van der Waals surface area contributed by atoms with Crippen LogP contribution in [-0.4, -0.2) is 67.6 Å². The first-order valence-corrected chi connectivity index (χ1v) is 6.33. The summed E-state index contributed by atoms with van der Waals surface area (Å²) in [5.74, 6) is 0.0995. The second-order valence-corrected chi connectivity index (χ2v) is 5.66. The number of rotatable bonds is 5. The fraction of sp³-hybridized carbons (Fsp3) is 0.917. The number of hydrogen-bond acceptors (Lipinski definition) is 4. The summed E-state index contributed by atoms with van der Waals surface area (Å²) in [5, 5.41) is 2.87. The molecule has 0 aliphatic carbocycles. The Bertz CT molecular complexity index is 241. The van der Waals surface area contributed by atoms with Gasteiger partial charge in [-0.15, -0.1) is 0 Å². The summed E-state index contributed by atoms with van der Waals surface area (Å²) in [6.07, 6.45) is 0.569. The van der Waals surface area contributed by atoms with E-state index in [-0.39, 0.29) is 11.4 Å². The Labute approximate surface area is 104 Å². The van der Waals surface area contributed by atoms with Gasteiger partial charge in [0.15, 0.2) is 0 Å². The van der Waals surface area contributed by atoms with Gasteiger partial charge in [-0.2, -0.15) is 0 Å². The maximum atomic E-state index is 11.6. The van der Waals surface area contributed by atoms with E-state index < -0.39 is 0 Å². The van der Waals surface area contributed by atoms with E-state index in [4.69, 9.17) is 5.73 Å². The zero-order chi connectivity index (χ0) is 12.9. The standard InChI is InChI=1S/C12H26N4O/c1-12(2,13)10-14-11(17)4-5-16-8-6-15(3)7-9-16/h4-10,13H2,1-3H3,(H,14,17). The first kappa shape index (κ1) is 14.4. The number of nitrogens with one attached hydrogen (secondary N) is 1. The molecule has 1 rings (SSSR count). The summed E-state index contributed by atoms with van der Waals surface area (Å²) in [4.78, 5) is 16.2. The molecule has 5 heteroatoms. The molecule has 1 aliphatic heterocycles. The normalized spacial score (nSPS) is 19.3. The fourth-order valence-electron chi connectivity index (χ4n) is 1.75. The Morgan fingerprint density at radius 3 is 2.41 bits per heavy atom. The third-order valence-corrected chi connectivity index (χ3v) is 2.99. The van der Waals surface area contributed by atoms with Gasteiger partial charge in [-0.25, -0.2) is 0 Å². The molecule has 5 nitrogen and oxygen atoms in total. The molecule has 0 aromatic rings. The highest BCUT2D eigenvalue weighted by Crippen LogP contribution is 2.00. The SMILES string of the molecule is CN1CCN(CCC(=O)NCC(C)(C)N)CC1. The van der Waals surface area contributed by atoms with Gasteiger partial charge in [0, 0.05) is 51.2 Å². The molecule has 1 aliphatic rings. The lowest BCUT2D eigenvalue weighted by Crippen LogP contribution is -2.47. The van der Waals surface area contributed by atoms with E-state index in [1.165, 1.54) is 0 Å². The van der Waals surface area contributed by atoms with Crippen LogP contribution in [0.25, 0.3) is 0 Å². The molecule has 3 N–H and O–H groups in total. The van der Waals surface area contributed by atoms with Crippen LogP contribution in [0.3, 0.4) is 0 Å². The second-order valence-electron chi connectivity index (χ2n) is 5.66. The van der Waals surface area contributed by atoms with Gasteiger partial charge >= 0.3 is 0 Å². The van der Waals surface area contributed by atoms with Crippen molar-refractivity contribution in [2.75, 3.05) is 46.3 Å². The molecule has 0 atom stereocenters. The lowest BCUT2D eigenvalue weighted by Gasteiger charge is -2.32. The van der Waals surface area contributed by atoms with Gasteiger partial charge in [0.2, 0.25) is 5.91 Å². The molecular formula is C12H26N4O. The van der Waals surface area contributed by atoms with Crippen molar-refractivity contribution in [2.24, 2.45) is 5.73 Å². The van der Waals surface area contributed by atoms with Crippen LogP contribution in [0, 0.1) is 0 Å². The minimum absolute atomic E-state index is 0.0995. The number of likely N-dealkylation sites (N-methyl/N-ethyl adjacent to an activating group) is 1. The summed E-state index contributed by atoms with van der Waals surface area (Å²) >= 11 is 0. The zero-order valence-electron chi connectivity index (χ0n) is 11.3. The van der Waals surface area contributed by atoms with Gasteiger partial charge in [0.1, 0.15) is 0 Å². The van der Waals surface area contributed by atoms with Crippen LogP contribution in [-0.2, 0) is 4.79 Å². The number of piperazine rings is 1. The van der Waals surface area contributed by atoms with Crippen LogP contribution in [0.1, 0.15) is 20.3 Å². The minimum atomic E-state index is -0.330. The molecule has 0 saturated carbocycles. The molecule has 0 bridgehead atoms. The van der Waals surface area contributed by atoms with E-state index in [0.717, 1.165) is 32.7 Å². The highest BCUT2D eigenvalue weighted by Gasteiger charge is 2.16. The molecule has 0 aromatic heterocycles. The minimum Gasteiger partial charge on any atom is -0.354 e. The van der Waals surface area contributed by atoms with E-state index in [1.54, 1.807) is 0 Å². The van der Waals surface area contributed by atoms with Gasteiger partial charge in [-0.05, 0) is 20.9 Å². The molecule has 0 aromatic carbocycles. The third kappa shape index (κ3) is 6.61. The fourth-order valence-corrected chi connectivity index (χ4v) is 1.75. The Balaban J connectivity index is 2.11. The van der Waals surface area contributed by atoms with Crippen molar-refractivity contribution in [1.82, 2.24) is 15.1 Å². The van der Waals surface area contributed by atoms with Crippen molar-refractivity contribution < 1.29 is 4.79 Å². The van der Waals surface area contributed by atoms with Crippen molar-refractivity contribution in [1.29, 1.82) is 0 Å². The number of carbonyl (C=O) groups is 1. The summed E-state index contributed by atoms with van der Waals surface area (Å²) < 4.78 is 0. The van der Waals surface area contributed by atoms with Gasteiger partial charge in [0.05, 0.1) is 0 Å². The summed E-state index contributed by atoms with van der Waals surface area (Å²) in [5.41, 5.74) is 5.48. The first-order valence-electron chi connectivity index (χ1n) is 6.33. The van der Waals surface area contributed by atoms with Gasteiger partial charge in [0.25, 0.3) is 0 Å². The highest BCUT2D eigenvalue weighted by molar-refractivity contribution is 5.76. The van der Waals surface area contributed by atoms with Crippen molar-refractivity contribution in [3.05, 3.63) is 0 Å². The largest absolute Gasteiger partial charge is 0.354 e. The highest BCUT2D eigenvalue weighted by atomic mass is 16.1. The maximum absolute atomic E-state index is 11.6. The van der Waals surface area contributed by atoms with E-state index in [0.29, 0.717) is 13.0 Å². The monoisotopic (exact) mass is 242 g/mol. The number of amides is 1. The van der Waals surface area contributed by atoms with Crippen molar-refractivity contribution >= 4 is 5.91 Å². The van der Waals surface area contributed by atoms with Crippen molar-refractivity contribution in [2.45, 2.75) is 25.8 Å². The molecule has 1 saturated heterocycles. The predicted molar refractivity (Wildman–Crippen MR) is 69.8 cm³/mol. The summed E-state index contributed by atoms with van der Waals surface area (Å²) in [6, 6.07) is 0. The Morgan fingerprint density at radius 1 is 1.29 bits per heavy atom. The second kappa shape index (κ2) is 6.33. The number of carbonyl (C=O) groups excluding carboxylic acids is 1. The Kier molecular flexibility index (Phi) is 5.36. The van der Waals surface area contributed by atoms with Gasteiger partial charge in [-0.1, -0.05) is 0 Å². The Hall–Kier alpha value is -0.650. The number of hydrogen-bond donors (Lipinski definition) is 2. The van der Waals surface area contributed by atoms with Crippen LogP contribution < -0.4 is 11.1 Å². The van der Waals surface area contributed by atoms with E-state index >= 15 is 0 Å². The van der Waals surface area contributed by atoms with E-state index in [1.807, 2.05) is 13.8 Å². The van der Waals surface area contributed by atoms with Crippen molar-refractivity contribution in [3.8, 4) is 0 Å².